The van der Waals surface area contributed by atoms with E-state index in [4.69, 9.17) is 9.47 Å². The summed E-state index contributed by atoms with van der Waals surface area (Å²) in [5, 5.41) is 2.89. The SMILES string of the molecule is O=C(NC[C@@H]1COc2ccccc2O1)c1cncn1-c1ccccc1. The van der Waals surface area contributed by atoms with Crippen LogP contribution in [-0.2, 0) is 0 Å². The molecular formula is C19H17N3O3. The summed E-state index contributed by atoms with van der Waals surface area (Å²) in [6.45, 7) is 0.752. The van der Waals surface area contributed by atoms with E-state index in [1.807, 2.05) is 54.6 Å². The Morgan fingerprint density at radius 2 is 1.88 bits per heavy atom. The maximum absolute atomic E-state index is 12.5. The van der Waals surface area contributed by atoms with Crippen molar-refractivity contribution >= 4 is 5.91 Å². The smallest absolute Gasteiger partial charge is 0.270 e. The van der Waals surface area contributed by atoms with Gasteiger partial charge in [-0.05, 0) is 24.3 Å². The molecule has 3 aromatic rings. The molecule has 0 radical (unpaired) electrons. The molecule has 0 saturated heterocycles. The average Bonchev–Trinajstić information content (AvgIpc) is 3.16. The first-order valence-corrected chi connectivity index (χ1v) is 8.06. The number of carbonyl (C=O) groups is 1. The molecular weight excluding hydrogens is 318 g/mol. The van der Waals surface area contributed by atoms with Crippen LogP contribution in [0.15, 0.2) is 67.1 Å². The summed E-state index contributed by atoms with van der Waals surface area (Å²) < 4.78 is 13.3. The minimum atomic E-state index is -0.230. The minimum absolute atomic E-state index is 0.205. The fourth-order valence-electron chi connectivity index (χ4n) is 2.72. The van der Waals surface area contributed by atoms with Crippen molar-refractivity contribution in [2.75, 3.05) is 13.2 Å². The highest BCUT2D eigenvalue weighted by Gasteiger charge is 2.22. The predicted octanol–water partition coefficient (Wildman–Crippen LogP) is 2.44. The van der Waals surface area contributed by atoms with Crippen LogP contribution in [0, 0.1) is 0 Å². The number of nitrogens with one attached hydrogen (secondary N) is 1. The molecule has 2 aromatic carbocycles. The fraction of sp³-hybridized carbons (Fsp3) is 0.158. The van der Waals surface area contributed by atoms with Gasteiger partial charge in [-0.1, -0.05) is 30.3 Å². The second kappa shape index (κ2) is 6.68. The number of aromatic nitrogens is 2. The van der Waals surface area contributed by atoms with Crippen molar-refractivity contribution in [3.63, 3.8) is 0 Å². The van der Waals surface area contributed by atoms with E-state index < -0.39 is 0 Å². The van der Waals surface area contributed by atoms with Crippen molar-refractivity contribution in [1.29, 1.82) is 0 Å². The van der Waals surface area contributed by atoms with E-state index in [-0.39, 0.29) is 12.0 Å². The molecule has 1 aliphatic rings. The molecule has 1 aromatic heterocycles. The third-order valence-corrected chi connectivity index (χ3v) is 3.96. The van der Waals surface area contributed by atoms with Crippen molar-refractivity contribution in [3.8, 4) is 17.2 Å². The zero-order valence-corrected chi connectivity index (χ0v) is 13.5. The second-order valence-electron chi connectivity index (χ2n) is 5.69. The molecule has 1 amide bonds. The largest absolute Gasteiger partial charge is 0.486 e. The quantitative estimate of drug-likeness (QED) is 0.795. The molecule has 0 aliphatic carbocycles. The van der Waals surface area contributed by atoms with Gasteiger partial charge in [-0.25, -0.2) is 4.98 Å². The first kappa shape index (κ1) is 15.3. The van der Waals surface area contributed by atoms with Crippen LogP contribution in [0.5, 0.6) is 11.5 Å². The highest BCUT2D eigenvalue weighted by molar-refractivity contribution is 5.93. The topological polar surface area (TPSA) is 65.4 Å². The fourth-order valence-corrected chi connectivity index (χ4v) is 2.72. The van der Waals surface area contributed by atoms with Crippen LogP contribution in [0.2, 0.25) is 0 Å². The molecule has 1 aliphatic heterocycles. The lowest BCUT2D eigenvalue weighted by Gasteiger charge is -2.26. The first-order chi connectivity index (χ1) is 12.3. The van der Waals surface area contributed by atoms with Crippen LogP contribution in [0.3, 0.4) is 0 Å². The molecule has 4 rings (SSSR count). The zero-order chi connectivity index (χ0) is 17.1. The monoisotopic (exact) mass is 335 g/mol. The van der Waals surface area contributed by atoms with Crippen LogP contribution < -0.4 is 14.8 Å². The second-order valence-corrected chi connectivity index (χ2v) is 5.69. The van der Waals surface area contributed by atoms with Crippen molar-refractivity contribution in [2.24, 2.45) is 0 Å². The van der Waals surface area contributed by atoms with Crippen LogP contribution in [-0.4, -0.2) is 34.7 Å². The number of nitrogens with zero attached hydrogens (tertiary/aromatic N) is 2. The molecule has 1 N–H and O–H groups in total. The molecule has 0 unspecified atom stereocenters. The maximum Gasteiger partial charge on any atom is 0.270 e. The van der Waals surface area contributed by atoms with E-state index in [9.17, 15) is 4.79 Å². The molecule has 0 saturated carbocycles. The number of rotatable bonds is 4. The lowest BCUT2D eigenvalue weighted by molar-refractivity contribution is 0.0785. The summed E-state index contributed by atoms with van der Waals surface area (Å²) in [7, 11) is 0. The van der Waals surface area contributed by atoms with Crippen molar-refractivity contribution in [2.45, 2.75) is 6.10 Å². The van der Waals surface area contributed by atoms with Crippen LogP contribution >= 0.6 is 0 Å². The molecule has 0 fully saturated rings. The number of amides is 1. The van der Waals surface area contributed by atoms with Crippen LogP contribution in [0.25, 0.3) is 5.69 Å². The molecule has 0 bridgehead atoms. The van der Waals surface area contributed by atoms with Gasteiger partial charge in [-0.3, -0.25) is 9.36 Å². The van der Waals surface area contributed by atoms with E-state index >= 15 is 0 Å². The van der Waals surface area contributed by atoms with E-state index in [2.05, 4.69) is 10.3 Å². The van der Waals surface area contributed by atoms with Gasteiger partial charge in [-0.15, -0.1) is 0 Å². The Bertz CT molecular complexity index is 876. The lowest BCUT2D eigenvalue weighted by Crippen LogP contribution is -2.41. The third-order valence-electron chi connectivity index (χ3n) is 3.96. The molecule has 0 spiro atoms. The highest BCUT2D eigenvalue weighted by Crippen LogP contribution is 2.30. The van der Waals surface area contributed by atoms with Crippen molar-refractivity contribution in [1.82, 2.24) is 14.9 Å². The van der Waals surface area contributed by atoms with Gasteiger partial charge in [0.15, 0.2) is 11.5 Å². The summed E-state index contributed by atoms with van der Waals surface area (Å²) in [4.78, 5) is 16.6. The van der Waals surface area contributed by atoms with Crippen LogP contribution in [0.1, 0.15) is 10.5 Å². The number of benzene rings is 2. The standard InChI is InChI=1S/C19H17N3O3/c23-19(16-11-20-13-22(16)14-6-2-1-3-7-14)21-10-15-12-24-17-8-4-5-9-18(17)25-15/h1-9,11,13,15H,10,12H2,(H,21,23)/t15-/m1/s1. The average molecular weight is 335 g/mol. The van der Waals surface area contributed by atoms with Gasteiger partial charge in [0, 0.05) is 5.69 Å². The lowest BCUT2D eigenvalue weighted by atomic mass is 10.2. The summed E-state index contributed by atoms with van der Waals surface area (Å²) in [5.41, 5.74) is 1.36. The number of imidazole rings is 1. The Morgan fingerprint density at radius 1 is 1.12 bits per heavy atom. The van der Waals surface area contributed by atoms with Gasteiger partial charge in [-0.2, -0.15) is 0 Å². The predicted molar refractivity (Wildman–Crippen MR) is 92.3 cm³/mol. The Hall–Kier alpha value is -3.28. The first-order valence-electron chi connectivity index (χ1n) is 8.06. The van der Waals surface area contributed by atoms with Gasteiger partial charge < -0.3 is 14.8 Å². The minimum Gasteiger partial charge on any atom is -0.486 e. The Labute approximate surface area is 145 Å². The Morgan fingerprint density at radius 3 is 2.72 bits per heavy atom. The molecule has 2 heterocycles. The number of fused-ring (bicyclic) bond motifs is 1. The summed E-state index contributed by atoms with van der Waals surface area (Å²) in [5.74, 6) is 1.22. The Balaban J connectivity index is 1.42. The summed E-state index contributed by atoms with van der Waals surface area (Å²) in [6.07, 6.45) is 2.95. The van der Waals surface area contributed by atoms with Gasteiger partial charge in [0.25, 0.3) is 5.91 Å². The van der Waals surface area contributed by atoms with E-state index in [1.54, 1.807) is 17.1 Å². The van der Waals surface area contributed by atoms with Gasteiger partial charge in [0.1, 0.15) is 18.4 Å². The van der Waals surface area contributed by atoms with Gasteiger partial charge >= 0.3 is 0 Å². The van der Waals surface area contributed by atoms with E-state index in [1.165, 1.54) is 0 Å². The van der Waals surface area contributed by atoms with Crippen molar-refractivity contribution in [3.05, 3.63) is 72.8 Å². The molecule has 1 atom stereocenters. The van der Waals surface area contributed by atoms with E-state index in [0.717, 1.165) is 11.4 Å². The number of hydrogen-bond acceptors (Lipinski definition) is 4. The summed E-state index contributed by atoms with van der Waals surface area (Å²) in [6, 6.07) is 17.1. The van der Waals surface area contributed by atoms with Gasteiger partial charge in [0.2, 0.25) is 0 Å². The highest BCUT2D eigenvalue weighted by atomic mass is 16.6. The summed E-state index contributed by atoms with van der Waals surface area (Å²) >= 11 is 0. The molecule has 25 heavy (non-hydrogen) atoms. The van der Waals surface area contributed by atoms with E-state index in [0.29, 0.717) is 24.6 Å². The molecule has 6 heteroatoms. The molecule has 6 nitrogen and oxygen atoms in total. The maximum atomic E-state index is 12.5. The number of para-hydroxylation sites is 3. The Kier molecular flexibility index (Phi) is 4.08. The van der Waals surface area contributed by atoms with Crippen molar-refractivity contribution < 1.29 is 14.3 Å². The third kappa shape index (κ3) is 3.19. The molecule has 126 valence electrons. The zero-order valence-electron chi connectivity index (χ0n) is 13.5. The normalized spacial score (nSPS) is 15.6. The number of carbonyl (C=O) groups excluding carboxylic acids is 1. The van der Waals surface area contributed by atoms with Gasteiger partial charge in [0.05, 0.1) is 19.1 Å². The van der Waals surface area contributed by atoms with Crippen LogP contribution in [0.4, 0.5) is 0 Å². The number of hydrogen-bond donors (Lipinski definition) is 1. The number of ether oxygens (including phenoxy) is 2.